The number of hydrogen-bond acceptors (Lipinski definition) is 3. The molecule has 4 nitrogen and oxygen atoms in total. The average molecular weight is 318 g/mol. The average Bonchev–Trinajstić information content (AvgIpc) is 2.54. The SMILES string of the molecule is Cc1cccc(C(=O)NCC(CC(C)C)N2CCOCC2)c1C. The van der Waals surface area contributed by atoms with Crippen LogP contribution in [0.4, 0.5) is 0 Å². The molecule has 1 heterocycles. The van der Waals surface area contributed by atoms with Crippen molar-refractivity contribution in [2.24, 2.45) is 5.92 Å². The van der Waals surface area contributed by atoms with Crippen molar-refractivity contribution in [1.82, 2.24) is 10.2 Å². The van der Waals surface area contributed by atoms with E-state index in [1.54, 1.807) is 0 Å². The molecule has 1 N–H and O–H groups in total. The van der Waals surface area contributed by atoms with Crippen LogP contribution in [0, 0.1) is 19.8 Å². The van der Waals surface area contributed by atoms with E-state index in [2.05, 4.69) is 24.1 Å². The van der Waals surface area contributed by atoms with Gasteiger partial charge in [0.05, 0.1) is 13.2 Å². The Morgan fingerprint density at radius 3 is 2.61 bits per heavy atom. The van der Waals surface area contributed by atoms with Crippen LogP contribution in [0.15, 0.2) is 18.2 Å². The summed E-state index contributed by atoms with van der Waals surface area (Å²) in [7, 11) is 0. The standard InChI is InChI=1S/C19H30N2O2/c1-14(2)12-17(21-8-10-23-11-9-21)13-20-19(22)18-7-5-6-15(3)16(18)4/h5-7,14,17H,8-13H2,1-4H3,(H,20,22). The second-order valence-corrected chi connectivity index (χ2v) is 6.89. The second-order valence-electron chi connectivity index (χ2n) is 6.89. The van der Waals surface area contributed by atoms with Gasteiger partial charge in [0.15, 0.2) is 0 Å². The minimum Gasteiger partial charge on any atom is -0.379 e. The number of benzene rings is 1. The molecule has 0 bridgehead atoms. The Morgan fingerprint density at radius 1 is 1.26 bits per heavy atom. The van der Waals surface area contributed by atoms with Crippen molar-refractivity contribution in [3.05, 3.63) is 34.9 Å². The molecule has 4 heteroatoms. The zero-order valence-electron chi connectivity index (χ0n) is 14.9. The van der Waals surface area contributed by atoms with Crippen molar-refractivity contribution in [2.45, 2.75) is 40.2 Å². The highest BCUT2D eigenvalue weighted by Gasteiger charge is 2.22. The van der Waals surface area contributed by atoms with Crippen LogP contribution in [0.1, 0.15) is 41.8 Å². The largest absolute Gasteiger partial charge is 0.379 e. The molecule has 1 aromatic carbocycles. The van der Waals surface area contributed by atoms with Crippen LogP contribution in [0.2, 0.25) is 0 Å². The van der Waals surface area contributed by atoms with Gasteiger partial charge in [0.2, 0.25) is 0 Å². The van der Waals surface area contributed by atoms with E-state index in [0.29, 0.717) is 18.5 Å². The highest BCUT2D eigenvalue weighted by atomic mass is 16.5. The van der Waals surface area contributed by atoms with Gasteiger partial charge in [-0.25, -0.2) is 0 Å². The highest BCUT2D eigenvalue weighted by Crippen LogP contribution is 2.15. The Labute approximate surface area is 140 Å². The van der Waals surface area contributed by atoms with E-state index in [1.807, 2.05) is 32.0 Å². The Hall–Kier alpha value is -1.39. The van der Waals surface area contributed by atoms with Crippen LogP contribution >= 0.6 is 0 Å². The Balaban J connectivity index is 1.99. The fourth-order valence-electron chi connectivity index (χ4n) is 3.15. The summed E-state index contributed by atoms with van der Waals surface area (Å²) in [6, 6.07) is 6.28. The minimum atomic E-state index is 0.0354. The fraction of sp³-hybridized carbons (Fsp3) is 0.632. The summed E-state index contributed by atoms with van der Waals surface area (Å²) in [4.78, 5) is 15.0. The number of carbonyl (C=O) groups is 1. The van der Waals surface area contributed by atoms with Crippen molar-refractivity contribution in [3.63, 3.8) is 0 Å². The topological polar surface area (TPSA) is 41.6 Å². The van der Waals surface area contributed by atoms with Gasteiger partial charge in [-0.15, -0.1) is 0 Å². The molecule has 0 spiro atoms. The lowest BCUT2D eigenvalue weighted by Crippen LogP contribution is -2.49. The van der Waals surface area contributed by atoms with Gasteiger partial charge in [0, 0.05) is 31.2 Å². The Bertz CT molecular complexity index is 522. The summed E-state index contributed by atoms with van der Waals surface area (Å²) in [5.41, 5.74) is 3.01. The summed E-state index contributed by atoms with van der Waals surface area (Å²) in [6.07, 6.45) is 1.09. The normalized spacial score (nSPS) is 17.3. The number of aryl methyl sites for hydroxylation is 1. The summed E-state index contributed by atoms with van der Waals surface area (Å²) in [5, 5.41) is 3.15. The molecule has 0 radical (unpaired) electrons. The molecule has 1 amide bonds. The molecule has 0 aliphatic carbocycles. The smallest absolute Gasteiger partial charge is 0.251 e. The molecule has 128 valence electrons. The first-order chi connectivity index (χ1) is 11.0. The maximum atomic E-state index is 12.5. The van der Waals surface area contributed by atoms with Crippen LogP contribution in [-0.4, -0.2) is 49.7 Å². The Morgan fingerprint density at radius 2 is 1.96 bits per heavy atom. The number of carbonyl (C=O) groups excluding carboxylic acids is 1. The molecule has 23 heavy (non-hydrogen) atoms. The lowest BCUT2D eigenvalue weighted by Gasteiger charge is -2.35. The van der Waals surface area contributed by atoms with Crippen LogP contribution in [-0.2, 0) is 4.74 Å². The number of rotatable bonds is 6. The first-order valence-electron chi connectivity index (χ1n) is 8.65. The maximum absolute atomic E-state index is 12.5. The molecular weight excluding hydrogens is 288 g/mol. The van der Waals surface area contributed by atoms with Crippen molar-refractivity contribution in [3.8, 4) is 0 Å². The molecule has 1 aliphatic rings. The number of ether oxygens (including phenoxy) is 1. The monoisotopic (exact) mass is 318 g/mol. The van der Waals surface area contributed by atoms with E-state index in [-0.39, 0.29) is 5.91 Å². The number of amides is 1. The van der Waals surface area contributed by atoms with Crippen molar-refractivity contribution < 1.29 is 9.53 Å². The summed E-state index contributed by atoms with van der Waals surface area (Å²) in [6.45, 7) is 12.7. The molecule has 1 saturated heterocycles. The summed E-state index contributed by atoms with van der Waals surface area (Å²) >= 11 is 0. The van der Waals surface area contributed by atoms with Gasteiger partial charge in [-0.3, -0.25) is 9.69 Å². The third-order valence-corrected chi connectivity index (χ3v) is 4.65. The van der Waals surface area contributed by atoms with Gasteiger partial charge in [-0.1, -0.05) is 26.0 Å². The fourth-order valence-corrected chi connectivity index (χ4v) is 3.15. The Kier molecular flexibility index (Phi) is 6.60. The zero-order valence-corrected chi connectivity index (χ0v) is 14.9. The highest BCUT2D eigenvalue weighted by molar-refractivity contribution is 5.95. The van der Waals surface area contributed by atoms with E-state index < -0.39 is 0 Å². The van der Waals surface area contributed by atoms with E-state index >= 15 is 0 Å². The molecule has 2 rings (SSSR count). The molecule has 1 aromatic rings. The van der Waals surface area contributed by atoms with Crippen molar-refractivity contribution in [2.75, 3.05) is 32.8 Å². The van der Waals surface area contributed by atoms with Gasteiger partial charge in [-0.05, 0) is 43.4 Å². The van der Waals surface area contributed by atoms with E-state index in [9.17, 15) is 4.79 Å². The number of hydrogen-bond donors (Lipinski definition) is 1. The van der Waals surface area contributed by atoms with Crippen LogP contribution < -0.4 is 5.32 Å². The molecule has 1 atom stereocenters. The van der Waals surface area contributed by atoms with Crippen LogP contribution in [0.25, 0.3) is 0 Å². The van der Waals surface area contributed by atoms with Crippen LogP contribution in [0.5, 0.6) is 0 Å². The molecule has 1 aliphatic heterocycles. The second kappa shape index (κ2) is 8.46. The van der Waals surface area contributed by atoms with E-state index in [1.165, 1.54) is 0 Å². The number of morpholine rings is 1. The van der Waals surface area contributed by atoms with Gasteiger partial charge < -0.3 is 10.1 Å². The maximum Gasteiger partial charge on any atom is 0.251 e. The van der Waals surface area contributed by atoms with Crippen molar-refractivity contribution >= 4 is 5.91 Å². The van der Waals surface area contributed by atoms with Gasteiger partial charge in [0.1, 0.15) is 0 Å². The number of nitrogens with zero attached hydrogens (tertiary/aromatic N) is 1. The van der Waals surface area contributed by atoms with Gasteiger partial charge in [0.25, 0.3) is 5.91 Å². The minimum absolute atomic E-state index is 0.0354. The molecule has 1 unspecified atom stereocenters. The van der Waals surface area contributed by atoms with Gasteiger partial charge >= 0.3 is 0 Å². The molecule has 0 aromatic heterocycles. The third-order valence-electron chi connectivity index (χ3n) is 4.65. The van der Waals surface area contributed by atoms with Gasteiger partial charge in [-0.2, -0.15) is 0 Å². The predicted molar refractivity (Wildman–Crippen MR) is 93.9 cm³/mol. The summed E-state index contributed by atoms with van der Waals surface area (Å²) < 4.78 is 5.45. The number of nitrogens with one attached hydrogen (secondary N) is 1. The third kappa shape index (κ3) is 5.05. The molecular formula is C19H30N2O2. The first-order valence-corrected chi connectivity index (χ1v) is 8.65. The zero-order chi connectivity index (χ0) is 16.8. The molecule has 1 fully saturated rings. The van der Waals surface area contributed by atoms with E-state index in [4.69, 9.17) is 4.74 Å². The quantitative estimate of drug-likeness (QED) is 0.877. The van der Waals surface area contributed by atoms with E-state index in [0.717, 1.165) is 49.4 Å². The predicted octanol–water partition coefficient (Wildman–Crippen LogP) is 2.78. The summed E-state index contributed by atoms with van der Waals surface area (Å²) in [5.74, 6) is 0.647. The van der Waals surface area contributed by atoms with Crippen molar-refractivity contribution in [1.29, 1.82) is 0 Å². The molecule has 0 saturated carbocycles. The van der Waals surface area contributed by atoms with Crippen LogP contribution in [0.3, 0.4) is 0 Å². The first kappa shape index (κ1) is 18.0. The lowest BCUT2D eigenvalue weighted by molar-refractivity contribution is 0.0124. The lowest BCUT2D eigenvalue weighted by atomic mass is 10.0.